The van der Waals surface area contributed by atoms with E-state index in [1.54, 1.807) is 93.2 Å². The van der Waals surface area contributed by atoms with Crippen molar-refractivity contribution in [1.82, 2.24) is 0 Å². The first kappa shape index (κ1) is 93.9. The zero-order valence-electron chi connectivity index (χ0n) is 70.0. The minimum Gasteiger partial charge on any atom is -0.622 e. The van der Waals surface area contributed by atoms with Gasteiger partial charge >= 0.3 is 0 Å². The summed E-state index contributed by atoms with van der Waals surface area (Å²) in [6.07, 6.45) is 3.71. The highest BCUT2D eigenvalue weighted by Crippen LogP contribution is 2.67. The van der Waals surface area contributed by atoms with Gasteiger partial charge in [0, 0.05) is 88.8 Å². The molecule has 10 heterocycles. The maximum Gasteiger partial charge on any atom is 0.272 e. The average molecular weight is 1760 g/mol. The number of anilines is 4. The van der Waals surface area contributed by atoms with Crippen molar-refractivity contribution in [3.63, 3.8) is 0 Å². The van der Waals surface area contributed by atoms with Crippen LogP contribution < -0.4 is 20.3 Å². The molecule has 0 fully saturated rings. The summed E-state index contributed by atoms with van der Waals surface area (Å²) < 4.78 is 56.7. The van der Waals surface area contributed by atoms with Gasteiger partial charge in [0.2, 0.25) is 34.0 Å². The maximum absolute atomic E-state index is 15.1. The summed E-state index contributed by atoms with van der Waals surface area (Å²) in [5.74, 6) is -2.02. The van der Waals surface area contributed by atoms with Crippen molar-refractivity contribution < 1.29 is 76.9 Å². The summed E-state index contributed by atoms with van der Waals surface area (Å²) in [5, 5.41) is 91.1. The Balaban J connectivity index is 0.000000237. The van der Waals surface area contributed by atoms with Gasteiger partial charge in [-0.15, -0.1) is 116 Å². The maximum atomic E-state index is 15.1. The summed E-state index contributed by atoms with van der Waals surface area (Å²) in [7, 11) is 0. The van der Waals surface area contributed by atoms with Gasteiger partial charge in [0.15, 0.2) is 34.7 Å². The number of fused-ring (bicyclic) bond motifs is 10. The van der Waals surface area contributed by atoms with E-state index in [0.717, 1.165) is 40.2 Å². The molecule has 0 saturated carbocycles. The number of halogens is 10. The van der Waals surface area contributed by atoms with Crippen LogP contribution in [-0.2, 0) is 70.0 Å². The van der Waals surface area contributed by atoms with E-state index in [9.17, 15) is 20.8 Å². The van der Waals surface area contributed by atoms with Crippen LogP contribution in [0.2, 0.25) is 0 Å². The molecular weight excluding hydrogens is 1650 g/mol. The molecule has 14 rings (SSSR count). The highest BCUT2D eigenvalue weighted by atomic mass is 35.5. The topological polar surface area (TPSA) is 250 Å². The molecule has 0 amide bonds. The molecule has 0 aromatic heterocycles. The highest BCUT2D eigenvalue weighted by molar-refractivity contribution is 6.42. The number of rotatable bonds is 0. The predicted octanol–water partition coefficient (Wildman–Crippen LogP) is 19.9. The number of nitrogens with zero attached hydrogens (tertiary/aromatic N) is 8. The Morgan fingerprint density at radius 3 is 0.802 bits per heavy atom. The van der Waals surface area contributed by atoms with Gasteiger partial charge in [0.25, 0.3) is 22.9 Å². The van der Waals surface area contributed by atoms with Gasteiger partial charge in [-0.25, -0.2) is 29.9 Å². The Bertz CT molecular complexity index is 3950. The smallest absolute Gasteiger partial charge is 0.272 e. The van der Waals surface area contributed by atoms with Crippen molar-refractivity contribution >= 4 is 162 Å². The quantitative estimate of drug-likeness (QED) is 0.141. The van der Waals surface area contributed by atoms with Crippen LogP contribution in [-0.4, -0.2) is 158 Å². The fraction of sp³-hybridized carbons (Fsp3) is 0.740. The molecule has 4 bridgehead atoms. The Kier molecular flexibility index (Phi) is 25.1. The van der Waals surface area contributed by atoms with Crippen LogP contribution >= 0.6 is 116 Å². The summed E-state index contributed by atoms with van der Waals surface area (Å²) in [5.41, 5.74) is -12.2. The predicted molar refractivity (Wildman–Crippen MR) is 443 cm³/mol. The van der Waals surface area contributed by atoms with Crippen LogP contribution in [0.25, 0.3) is 0 Å². The molecule has 0 spiro atoms. The molecular formula is C77H114Cl10N8O16. The third-order valence-electron chi connectivity index (χ3n) is 22.1. The second-order valence-corrected chi connectivity index (χ2v) is 40.8. The summed E-state index contributed by atoms with van der Waals surface area (Å²) in [4.78, 5) is 14.7. The Hall–Kier alpha value is -2.58. The van der Waals surface area contributed by atoms with Crippen molar-refractivity contribution in [1.29, 1.82) is 0 Å². The van der Waals surface area contributed by atoms with E-state index in [2.05, 4.69) is 0 Å². The first-order valence-corrected chi connectivity index (χ1v) is 41.8. The van der Waals surface area contributed by atoms with Crippen molar-refractivity contribution in [3.05, 3.63) is 89.6 Å². The molecule has 2 aliphatic carbocycles. The lowest BCUT2D eigenvalue weighted by Crippen LogP contribution is -2.74. The second-order valence-electron chi connectivity index (χ2n) is 36.7. The molecule has 10 aliphatic heterocycles. The standard InChI is InChI=1S/2C36H52N4O8.5CH2Cl2/c2*1-28(2)19-17-20-26-22(24(19)37(41)32(9,10)44-28)23-25-21(30(5,6)45-33(11,12)38(25)42)18-36(48-40(26)35(15,16)46-29(20,3)4)27(23)39(43)34(13,14)47-31(36,7)8;5*2-1-3/h2*17-18,23,41H,1-16H3;5*1H2/t2*23-,36+;;;;;/m00...../s1. The van der Waals surface area contributed by atoms with Gasteiger partial charge in [-0.3, -0.25) is 10.4 Å². The molecule has 2 N–H and O–H groups in total. The number of alkyl halides is 10. The Morgan fingerprint density at radius 2 is 0.550 bits per heavy atom. The molecule has 0 radical (unpaired) electrons. The van der Waals surface area contributed by atoms with E-state index in [1.807, 2.05) is 163 Å². The van der Waals surface area contributed by atoms with Crippen LogP contribution in [0, 0.1) is 20.8 Å². The molecule has 4 atom stereocenters. The number of benzene rings is 2. The van der Waals surface area contributed by atoms with E-state index in [0.29, 0.717) is 67.6 Å². The van der Waals surface area contributed by atoms with Gasteiger partial charge in [-0.2, -0.15) is 19.0 Å². The lowest BCUT2D eigenvalue weighted by atomic mass is 9.62. The third-order valence-corrected chi connectivity index (χ3v) is 22.1. The number of hydrogen-bond donors (Lipinski definition) is 2. The molecule has 111 heavy (non-hydrogen) atoms. The minimum absolute atomic E-state index is 0.194. The normalized spacial score (nSPS) is 29.8. The Morgan fingerprint density at radius 1 is 0.324 bits per heavy atom. The molecule has 628 valence electrons. The third kappa shape index (κ3) is 14.9. The average Bonchev–Trinajstić information content (AvgIpc) is 1.56. The van der Waals surface area contributed by atoms with Gasteiger partial charge < -0.3 is 58.7 Å². The molecule has 0 unspecified atom stereocenters. The summed E-state index contributed by atoms with van der Waals surface area (Å²) in [6.45, 7) is 59.8. The van der Waals surface area contributed by atoms with Gasteiger partial charge in [-0.05, 0) is 190 Å². The van der Waals surface area contributed by atoms with Crippen molar-refractivity contribution in [2.24, 2.45) is 0 Å². The van der Waals surface area contributed by atoms with Gasteiger partial charge in [0.1, 0.15) is 22.4 Å². The molecule has 2 aromatic carbocycles. The fourth-order valence-corrected chi connectivity index (χ4v) is 18.8. The lowest BCUT2D eigenvalue weighted by Gasteiger charge is -2.56. The molecule has 24 nitrogen and oxygen atoms in total. The Labute approximate surface area is 705 Å². The largest absolute Gasteiger partial charge is 0.622 e. The number of hydrogen-bond acceptors (Lipinski definition) is 20. The monoisotopic (exact) mass is 1760 g/mol. The van der Waals surface area contributed by atoms with E-state index in [4.69, 9.17) is 164 Å². The molecule has 12 aliphatic rings. The van der Waals surface area contributed by atoms with Crippen LogP contribution in [0.15, 0.2) is 35.4 Å². The number of ether oxygens (including phenoxy) is 8. The molecule has 0 saturated heterocycles. The van der Waals surface area contributed by atoms with Crippen LogP contribution in [0.1, 0.15) is 267 Å². The van der Waals surface area contributed by atoms with E-state index in [1.165, 1.54) is 0 Å². The van der Waals surface area contributed by atoms with Gasteiger partial charge in [0.05, 0.1) is 83.0 Å². The van der Waals surface area contributed by atoms with E-state index >= 15 is 10.4 Å². The van der Waals surface area contributed by atoms with Gasteiger partial charge in [-0.1, -0.05) is 0 Å². The fourth-order valence-electron chi connectivity index (χ4n) is 18.8. The lowest BCUT2D eigenvalue weighted by molar-refractivity contribution is -0.634. The van der Waals surface area contributed by atoms with Crippen LogP contribution in [0.4, 0.5) is 22.7 Å². The van der Waals surface area contributed by atoms with E-state index < -0.39 is 114 Å². The summed E-state index contributed by atoms with van der Waals surface area (Å²) >= 11 is 47.6. The zero-order valence-corrected chi connectivity index (χ0v) is 77.5. The second kappa shape index (κ2) is 29.7. The molecule has 34 heteroatoms. The zero-order chi connectivity index (χ0) is 85.4. The van der Waals surface area contributed by atoms with E-state index in [-0.39, 0.29) is 38.1 Å². The summed E-state index contributed by atoms with van der Waals surface area (Å²) in [6, 6.07) is 4.01. The SMILES string of the molecule is CC1(C)OC(C)(C)[N+]([O-])=C2C1=C[C@@]13ON4c5c(cc6c(c5[C@@H]2C1=[N+]([O-])C(C)(C)OC3(C)C)N(O)C(C)(C)OC6(C)C)C(C)(C)OC4(C)C.CC1(C)OC(C)(C)[N+]([O-])=C2C1=C[C@@]13ON4c5c(cc6c(c5[C@@H]2C1=[N+]([O-])C(C)(C)OC3(C)C)N(O)C(C)(C)OC6(C)C)C(C)(C)OC4(C)C.ClCCl.ClCCl.ClCCl.ClCCl.ClCCl. The first-order chi connectivity index (χ1) is 50.0. The van der Waals surface area contributed by atoms with Crippen molar-refractivity contribution in [2.75, 3.05) is 46.9 Å². The molecule has 2 aromatic rings. The van der Waals surface area contributed by atoms with Crippen LogP contribution in [0.5, 0.6) is 0 Å². The van der Waals surface area contributed by atoms with Crippen molar-refractivity contribution in [2.45, 2.75) is 335 Å². The highest BCUT2D eigenvalue weighted by Gasteiger charge is 2.77. The van der Waals surface area contributed by atoms with Crippen molar-refractivity contribution in [3.8, 4) is 0 Å². The minimum atomic E-state index is -1.56. The first-order valence-electron chi connectivity index (χ1n) is 36.5. The number of hydroxylamine groups is 8. The van der Waals surface area contributed by atoms with Crippen LogP contribution in [0.3, 0.4) is 0 Å².